The van der Waals surface area contributed by atoms with Crippen molar-refractivity contribution in [2.45, 2.75) is 77.6 Å². The molecule has 2 aliphatic rings. The molecule has 1 aromatic heterocycles. The summed E-state index contributed by atoms with van der Waals surface area (Å²) in [4.78, 5) is 13.5. The quantitative estimate of drug-likeness (QED) is 0.373. The van der Waals surface area contributed by atoms with Crippen LogP contribution in [0.5, 0.6) is 0 Å². The van der Waals surface area contributed by atoms with Crippen LogP contribution in [0, 0.1) is 11.8 Å². The van der Waals surface area contributed by atoms with E-state index in [1.54, 1.807) is 12.1 Å². The van der Waals surface area contributed by atoms with E-state index in [0.29, 0.717) is 17.4 Å². The average molecular weight is 489 g/mol. The number of carbonyl (C=O) groups is 1. The first-order valence-electron chi connectivity index (χ1n) is 14.1. The van der Waals surface area contributed by atoms with Gasteiger partial charge in [0.05, 0.1) is 6.26 Å². The van der Waals surface area contributed by atoms with E-state index in [4.69, 9.17) is 10.2 Å². The molecule has 1 aliphatic carbocycles. The lowest BCUT2D eigenvalue weighted by atomic mass is 9.86. The first-order chi connectivity index (χ1) is 17.5. The van der Waals surface area contributed by atoms with Crippen LogP contribution in [0.25, 0.3) is 11.0 Å². The van der Waals surface area contributed by atoms with Gasteiger partial charge in [-0.1, -0.05) is 76.3 Å². The molecule has 36 heavy (non-hydrogen) atoms. The number of primary amides is 1. The van der Waals surface area contributed by atoms with Gasteiger partial charge in [0.25, 0.3) is 0 Å². The van der Waals surface area contributed by atoms with E-state index < -0.39 is 0 Å². The number of rotatable bonds is 7. The fourth-order valence-electron chi connectivity index (χ4n) is 5.90. The maximum Gasteiger partial charge on any atom is 0.248 e. The number of benzene rings is 2. The zero-order valence-electron chi connectivity index (χ0n) is 22.3. The number of hydrogen-bond acceptors (Lipinski definition) is 3. The third-order valence-electron chi connectivity index (χ3n) is 8.00. The van der Waals surface area contributed by atoms with Gasteiger partial charge in [0, 0.05) is 16.5 Å². The molecule has 0 spiro atoms. The molecule has 0 unspecified atom stereocenters. The monoisotopic (exact) mass is 488 g/mol. The molecule has 2 N–H and O–H groups in total. The Kier molecular flexibility index (Phi) is 9.63. The summed E-state index contributed by atoms with van der Waals surface area (Å²) < 4.78 is 5.74. The Bertz CT molecular complexity index is 1070. The molecule has 5 rings (SSSR count). The Labute approximate surface area is 217 Å². The predicted octanol–water partition coefficient (Wildman–Crippen LogP) is 7.57. The van der Waals surface area contributed by atoms with E-state index in [1.165, 1.54) is 87.5 Å². The summed E-state index contributed by atoms with van der Waals surface area (Å²) in [6, 6.07) is 16.0. The van der Waals surface area contributed by atoms with Crippen LogP contribution in [0.3, 0.4) is 0 Å². The third kappa shape index (κ3) is 7.46. The number of carbonyl (C=O) groups excluding carboxylic acids is 1. The van der Waals surface area contributed by atoms with Crippen LogP contribution in [-0.2, 0) is 6.42 Å². The van der Waals surface area contributed by atoms with Gasteiger partial charge in [-0.3, -0.25) is 4.79 Å². The van der Waals surface area contributed by atoms with Crippen molar-refractivity contribution in [2.75, 3.05) is 19.6 Å². The highest BCUT2D eigenvalue weighted by Gasteiger charge is 2.24. The van der Waals surface area contributed by atoms with Gasteiger partial charge in [0.1, 0.15) is 5.58 Å². The SMILES string of the molecule is CC(C)Cc1ccc(C(N)=O)cc1.c1ccc2c(C3CCN(CCC4CCCCC4)CC3)coc2c1. The molecular weight excluding hydrogens is 444 g/mol. The van der Waals surface area contributed by atoms with Gasteiger partial charge in [0.15, 0.2) is 0 Å². The average Bonchev–Trinajstić information content (AvgIpc) is 3.33. The Balaban J connectivity index is 0.000000200. The molecule has 4 heteroatoms. The fourth-order valence-corrected chi connectivity index (χ4v) is 5.90. The van der Waals surface area contributed by atoms with Gasteiger partial charge in [-0.15, -0.1) is 0 Å². The Morgan fingerprint density at radius 2 is 1.67 bits per heavy atom. The molecule has 0 radical (unpaired) electrons. The van der Waals surface area contributed by atoms with Crippen LogP contribution in [0.15, 0.2) is 59.2 Å². The summed E-state index contributed by atoms with van der Waals surface area (Å²) in [6.07, 6.45) is 14.4. The molecule has 1 saturated heterocycles. The normalized spacial score (nSPS) is 17.8. The summed E-state index contributed by atoms with van der Waals surface area (Å²) in [6.45, 7) is 8.18. The number of piperidine rings is 1. The van der Waals surface area contributed by atoms with Crippen LogP contribution in [0.4, 0.5) is 0 Å². The summed E-state index contributed by atoms with van der Waals surface area (Å²) >= 11 is 0. The van der Waals surface area contributed by atoms with Gasteiger partial charge < -0.3 is 15.1 Å². The van der Waals surface area contributed by atoms with Crippen molar-refractivity contribution < 1.29 is 9.21 Å². The van der Waals surface area contributed by atoms with Crippen molar-refractivity contribution >= 4 is 16.9 Å². The third-order valence-corrected chi connectivity index (χ3v) is 8.00. The molecule has 1 aliphatic heterocycles. The largest absolute Gasteiger partial charge is 0.464 e. The summed E-state index contributed by atoms with van der Waals surface area (Å²) in [5, 5.41) is 1.33. The molecule has 1 saturated carbocycles. The van der Waals surface area contributed by atoms with E-state index >= 15 is 0 Å². The summed E-state index contributed by atoms with van der Waals surface area (Å²) in [5.74, 6) is 1.97. The van der Waals surface area contributed by atoms with Crippen LogP contribution in [0.1, 0.15) is 92.6 Å². The van der Waals surface area contributed by atoms with Crippen molar-refractivity contribution in [3.05, 3.63) is 71.5 Å². The highest BCUT2D eigenvalue weighted by molar-refractivity contribution is 5.92. The molecule has 0 bridgehead atoms. The minimum absolute atomic E-state index is 0.365. The predicted molar refractivity (Wildman–Crippen MR) is 149 cm³/mol. The minimum atomic E-state index is -0.365. The zero-order valence-corrected chi connectivity index (χ0v) is 22.3. The molecular formula is C32H44N2O2. The van der Waals surface area contributed by atoms with Gasteiger partial charge in [-0.25, -0.2) is 0 Å². The number of nitrogens with zero attached hydrogens (tertiary/aromatic N) is 1. The second kappa shape index (κ2) is 13.1. The van der Waals surface area contributed by atoms with E-state index in [2.05, 4.69) is 43.0 Å². The number of hydrogen-bond donors (Lipinski definition) is 1. The topological polar surface area (TPSA) is 59.5 Å². The van der Waals surface area contributed by atoms with Crippen molar-refractivity contribution in [2.24, 2.45) is 17.6 Å². The number of amides is 1. The molecule has 2 fully saturated rings. The maximum absolute atomic E-state index is 10.8. The standard InChI is InChI=1S/C21H29NO.C11H15NO/c1-2-6-17(7-3-1)10-13-22-14-11-18(12-15-22)20-16-23-21-9-5-4-8-19(20)21;1-8(2)7-9-3-5-10(6-4-9)11(12)13/h4-5,8-9,16-18H,1-3,6-7,10-15H2;3-6,8H,7H2,1-2H3,(H2,12,13). The van der Waals surface area contributed by atoms with Gasteiger partial charge in [-0.05, 0) is 86.8 Å². The minimum Gasteiger partial charge on any atom is -0.464 e. The van der Waals surface area contributed by atoms with E-state index in [-0.39, 0.29) is 5.91 Å². The Morgan fingerprint density at radius 3 is 2.33 bits per heavy atom. The zero-order chi connectivity index (χ0) is 25.3. The van der Waals surface area contributed by atoms with Crippen LogP contribution >= 0.6 is 0 Å². The van der Waals surface area contributed by atoms with Crippen molar-refractivity contribution in [3.63, 3.8) is 0 Å². The van der Waals surface area contributed by atoms with Crippen molar-refractivity contribution in [3.8, 4) is 0 Å². The lowest BCUT2D eigenvalue weighted by molar-refractivity contribution is 0.100. The molecule has 3 aromatic rings. The maximum atomic E-state index is 10.8. The second-order valence-electron chi connectivity index (χ2n) is 11.3. The highest BCUT2D eigenvalue weighted by Crippen LogP contribution is 2.35. The van der Waals surface area contributed by atoms with Crippen LogP contribution in [-0.4, -0.2) is 30.4 Å². The Hall–Kier alpha value is -2.59. The number of nitrogens with two attached hydrogens (primary N) is 1. The van der Waals surface area contributed by atoms with Crippen molar-refractivity contribution in [1.82, 2.24) is 4.90 Å². The van der Waals surface area contributed by atoms with Gasteiger partial charge in [-0.2, -0.15) is 0 Å². The van der Waals surface area contributed by atoms with Gasteiger partial charge in [0.2, 0.25) is 5.91 Å². The number of likely N-dealkylation sites (tertiary alicyclic amines) is 1. The fraction of sp³-hybridized carbons (Fsp3) is 0.531. The molecule has 2 heterocycles. The summed E-state index contributed by atoms with van der Waals surface area (Å²) in [5.41, 5.74) is 9.43. The molecule has 4 nitrogen and oxygen atoms in total. The first kappa shape index (κ1) is 26.5. The first-order valence-corrected chi connectivity index (χ1v) is 14.1. The smallest absolute Gasteiger partial charge is 0.248 e. The Morgan fingerprint density at radius 1 is 0.972 bits per heavy atom. The molecule has 1 amide bonds. The van der Waals surface area contributed by atoms with E-state index in [1.807, 2.05) is 18.4 Å². The highest BCUT2D eigenvalue weighted by atomic mass is 16.3. The molecule has 2 aromatic carbocycles. The van der Waals surface area contributed by atoms with Crippen molar-refractivity contribution in [1.29, 1.82) is 0 Å². The summed E-state index contributed by atoms with van der Waals surface area (Å²) in [7, 11) is 0. The number of furan rings is 1. The number of para-hydroxylation sites is 1. The van der Waals surface area contributed by atoms with Gasteiger partial charge >= 0.3 is 0 Å². The molecule has 0 atom stereocenters. The van der Waals surface area contributed by atoms with E-state index in [0.717, 1.165) is 17.9 Å². The van der Waals surface area contributed by atoms with Crippen LogP contribution < -0.4 is 5.73 Å². The number of fused-ring (bicyclic) bond motifs is 1. The lowest BCUT2D eigenvalue weighted by Crippen LogP contribution is -2.34. The molecule has 194 valence electrons. The second-order valence-corrected chi connectivity index (χ2v) is 11.3. The van der Waals surface area contributed by atoms with E-state index in [9.17, 15) is 4.79 Å². The lowest BCUT2D eigenvalue weighted by Gasteiger charge is -2.33. The van der Waals surface area contributed by atoms with Crippen LogP contribution in [0.2, 0.25) is 0 Å².